The van der Waals surface area contributed by atoms with Gasteiger partial charge in [-0.05, 0) is 43.6 Å². The van der Waals surface area contributed by atoms with Gasteiger partial charge in [-0.3, -0.25) is 29.2 Å². The standard InChI is InChI=1S/C39H52N6O10/c1-4-5-7-15-34(49)41-20-11-10-14-30(23-46)45(40)44(39(54)33(25-48)42-37(52)32(21-26(2)3)36(51)38(53)43-55)31(24-47)22-27-16-18-29(19-17-27)35(50)28-12-8-6-9-13-28/h1,6,8-9,12-13,16-19,23-24,26,30-33,36,48,51,55H,5,7,10-11,14-15,20-22,25,40H2,2-3H3,(H,41,49)(H,42,52)(H,43,53). The van der Waals surface area contributed by atoms with Gasteiger partial charge in [0.15, 0.2) is 5.78 Å². The summed E-state index contributed by atoms with van der Waals surface area (Å²) in [5, 5.41) is 36.4. The number of carbonyl (C=O) groups excluding carboxylic acids is 7. The van der Waals surface area contributed by atoms with E-state index in [9.17, 15) is 43.8 Å². The summed E-state index contributed by atoms with van der Waals surface area (Å²) in [6.45, 7) is 2.70. The van der Waals surface area contributed by atoms with Crippen molar-refractivity contribution in [1.82, 2.24) is 26.2 Å². The number of hydrazine groups is 2. The topological polar surface area (TPSA) is 249 Å². The third kappa shape index (κ3) is 14.5. The second kappa shape index (κ2) is 24.2. The second-order valence-electron chi connectivity index (χ2n) is 13.4. The van der Waals surface area contributed by atoms with E-state index < -0.39 is 54.5 Å². The van der Waals surface area contributed by atoms with Crippen LogP contribution in [0.2, 0.25) is 0 Å². The van der Waals surface area contributed by atoms with Crippen molar-refractivity contribution < 1.29 is 49.0 Å². The van der Waals surface area contributed by atoms with Crippen LogP contribution in [0.4, 0.5) is 0 Å². The monoisotopic (exact) mass is 764 g/mol. The van der Waals surface area contributed by atoms with Crippen molar-refractivity contribution in [3.05, 3.63) is 71.3 Å². The van der Waals surface area contributed by atoms with Crippen molar-refractivity contribution >= 4 is 42.0 Å². The average molecular weight is 765 g/mol. The number of aldehydes is 2. The smallest absolute Gasteiger partial charge is 0.272 e. The van der Waals surface area contributed by atoms with E-state index in [2.05, 4.69) is 16.6 Å². The van der Waals surface area contributed by atoms with Gasteiger partial charge in [-0.2, -0.15) is 0 Å². The molecule has 16 nitrogen and oxygen atoms in total. The van der Waals surface area contributed by atoms with Crippen LogP contribution in [-0.2, 0) is 35.2 Å². The van der Waals surface area contributed by atoms with Gasteiger partial charge >= 0.3 is 0 Å². The number of nitrogens with two attached hydrogens (primary N) is 1. The molecule has 2 aromatic rings. The number of unbranched alkanes of at least 4 members (excludes halogenated alkanes) is 2. The van der Waals surface area contributed by atoms with E-state index in [0.29, 0.717) is 61.5 Å². The van der Waals surface area contributed by atoms with Gasteiger partial charge in [0.2, 0.25) is 11.8 Å². The van der Waals surface area contributed by atoms with Gasteiger partial charge in [0.1, 0.15) is 36.8 Å². The number of terminal acetylenes is 1. The van der Waals surface area contributed by atoms with Crippen molar-refractivity contribution in [3.8, 4) is 12.3 Å². The van der Waals surface area contributed by atoms with Gasteiger partial charge < -0.3 is 30.4 Å². The summed E-state index contributed by atoms with van der Waals surface area (Å²) in [4.78, 5) is 89.7. The Labute approximate surface area is 320 Å². The lowest BCUT2D eigenvalue weighted by molar-refractivity contribution is -0.169. The van der Waals surface area contributed by atoms with E-state index in [4.69, 9.17) is 17.5 Å². The predicted molar refractivity (Wildman–Crippen MR) is 200 cm³/mol. The predicted octanol–water partition coefficient (Wildman–Crippen LogP) is 0.610. The Kier molecular flexibility index (Phi) is 20.1. The van der Waals surface area contributed by atoms with E-state index in [1.807, 2.05) is 0 Å². The highest BCUT2D eigenvalue weighted by Crippen LogP contribution is 2.20. The van der Waals surface area contributed by atoms with E-state index in [-0.39, 0.29) is 43.3 Å². The number of hydrogen-bond donors (Lipinski definition) is 7. The van der Waals surface area contributed by atoms with Gasteiger partial charge in [-0.15, -0.1) is 17.5 Å². The maximum absolute atomic E-state index is 14.2. The van der Waals surface area contributed by atoms with Crippen LogP contribution in [0.1, 0.15) is 80.3 Å². The summed E-state index contributed by atoms with van der Waals surface area (Å²) in [5.41, 5.74) is 2.61. The molecule has 8 N–H and O–H groups in total. The summed E-state index contributed by atoms with van der Waals surface area (Å²) in [6, 6.07) is 10.5. The van der Waals surface area contributed by atoms with Crippen LogP contribution in [-0.4, -0.2) is 105 Å². The van der Waals surface area contributed by atoms with Gasteiger partial charge in [0.25, 0.3) is 11.8 Å². The van der Waals surface area contributed by atoms with Crippen LogP contribution in [0.25, 0.3) is 0 Å². The molecule has 55 heavy (non-hydrogen) atoms. The number of aliphatic hydroxyl groups excluding tert-OH is 2. The summed E-state index contributed by atoms with van der Waals surface area (Å²) < 4.78 is 0. The highest BCUT2D eigenvalue weighted by molar-refractivity contribution is 6.09. The molecular formula is C39H52N6O10. The number of hydrogen-bond acceptors (Lipinski definition) is 12. The number of nitrogens with zero attached hydrogens (tertiary/aromatic N) is 2. The fourth-order valence-corrected chi connectivity index (χ4v) is 5.76. The fourth-order valence-electron chi connectivity index (χ4n) is 5.76. The first-order valence-corrected chi connectivity index (χ1v) is 18.0. The summed E-state index contributed by atoms with van der Waals surface area (Å²) in [7, 11) is 0. The van der Waals surface area contributed by atoms with Gasteiger partial charge in [-0.25, -0.2) is 16.3 Å². The quantitative estimate of drug-likeness (QED) is 0.0140. The Hall–Kier alpha value is -5.31. The van der Waals surface area contributed by atoms with Crippen LogP contribution < -0.4 is 22.0 Å². The molecule has 0 bridgehead atoms. The van der Waals surface area contributed by atoms with E-state index >= 15 is 0 Å². The molecule has 0 aliphatic heterocycles. The van der Waals surface area contributed by atoms with Crippen LogP contribution in [0.5, 0.6) is 0 Å². The molecule has 0 aliphatic carbocycles. The Morgan fingerprint density at radius 1 is 0.909 bits per heavy atom. The first-order chi connectivity index (χ1) is 26.3. The fraction of sp³-hybridized carbons (Fsp3) is 0.462. The van der Waals surface area contributed by atoms with Crippen LogP contribution in [0, 0.1) is 24.2 Å². The number of carbonyl (C=O) groups is 7. The highest BCUT2D eigenvalue weighted by Gasteiger charge is 2.39. The molecule has 0 spiro atoms. The van der Waals surface area contributed by atoms with Gasteiger partial charge in [-0.1, -0.05) is 68.4 Å². The highest BCUT2D eigenvalue weighted by atomic mass is 16.5. The first kappa shape index (κ1) is 45.8. The molecule has 0 radical (unpaired) electrons. The number of rotatable bonds is 25. The van der Waals surface area contributed by atoms with Crippen LogP contribution in [0.15, 0.2) is 54.6 Å². The zero-order valence-corrected chi connectivity index (χ0v) is 31.1. The molecule has 2 aromatic carbocycles. The molecule has 4 amide bonds. The van der Waals surface area contributed by atoms with Crippen molar-refractivity contribution in [1.29, 1.82) is 0 Å². The van der Waals surface area contributed by atoms with Crippen molar-refractivity contribution in [2.45, 2.75) is 89.4 Å². The minimum atomic E-state index is -2.02. The number of amides is 4. The molecule has 0 heterocycles. The minimum Gasteiger partial charge on any atom is -0.394 e. The Balaban J connectivity index is 2.38. The zero-order chi connectivity index (χ0) is 40.9. The molecule has 5 unspecified atom stereocenters. The Morgan fingerprint density at radius 2 is 1.55 bits per heavy atom. The molecule has 5 atom stereocenters. The lowest BCUT2D eigenvalue weighted by Crippen LogP contribution is -2.65. The largest absolute Gasteiger partial charge is 0.394 e. The van der Waals surface area contributed by atoms with Gasteiger partial charge in [0.05, 0.1) is 12.5 Å². The second-order valence-corrected chi connectivity index (χ2v) is 13.4. The normalized spacial score (nSPS) is 13.7. The molecule has 298 valence electrons. The number of hydroxylamine groups is 1. The summed E-state index contributed by atoms with van der Waals surface area (Å²) in [5.74, 6) is 3.39. The molecule has 0 saturated carbocycles. The number of ketones is 1. The molecule has 0 aromatic heterocycles. The van der Waals surface area contributed by atoms with Crippen molar-refractivity contribution in [2.75, 3.05) is 13.2 Å². The molecular weight excluding hydrogens is 712 g/mol. The van der Waals surface area contributed by atoms with Crippen LogP contribution >= 0.6 is 0 Å². The molecule has 0 saturated heterocycles. The van der Waals surface area contributed by atoms with Crippen LogP contribution in [0.3, 0.4) is 0 Å². The Morgan fingerprint density at radius 3 is 2.11 bits per heavy atom. The summed E-state index contributed by atoms with van der Waals surface area (Å²) in [6.07, 6.45) is 6.01. The van der Waals surface area contributed by atoms with Gasteiger partial charge in [0, 0.05) is 36.9 Å². The average Bonchev–Trinajstić information content (AvgIpc) is 3.19. The minimum absolute atomic E-state index is 0.0577. The summed E-state index contributed by atoms with van der Waals surface area (Å²) >= 11 is 0. The van der Waals surface area contributed by atoms with E-state index in [0.717, 1.165) is 10.1 Å². The molecule has 16 heteroatoms. The number of aliphatic hydroxyl groups is 2. The van der Waals surface area contributed by atoms with Crippen molar-refractivity contribution in [3.63, 3.8) is 0 Å². The Bertz CT molecular complexity index is 1610. The lowest BCUT2D eigenvalue weighted by atomic mass is 9.90. The maximum Gasteiger partial charge on any atom is 0.272 e. The third-order valence-corrected chi connectivity index (χ3v) is 8.73. The maximum atomic E-state index is 14.2. The number of benzene rings is 2. The molecule has 0 fully saturated rings. The SMILES string of the molecule is C#CCCCC(=O)NCCCCC(C=O)N(N)N(C(=O)C(CO)NC(=O)C(CC(C)C)C(O)C(=O)NO)C(C=O)Cc1ccc(C(=O)c2ccccc2)cc1. The third-order valence-electron chi connectivity index (χ3n) is 8.73. The van der Waals surface area contributed by atoms with Crippen molar-refractivity contribution in [2.24, 2.45) is 17.7 Å². The zero-order valence-electron chi connectivity index (χ0n) is 31.1. The number of nitrogens with one attached hydrogen (secondary N) is 3. The van der Waals surface area contributed by atoms with E-state index in [1.54, 1.807) is 68.4 Å². The molecule has 0 aliphatic rings. The molecule has 2 rings (SSSR count). The first-order valence-electron chi connectivity index (χ1n) is 18.0. The van der Waals surface area contributed by atoms with E-state index in [1.165, 1.54) is 5.48 Å². The lowest BCUT2D eigenvalue weighted by Gasteiger charge is -2.40.